The molecular weight excluding hydrogens is 1010 g/mol. The van der Waals surface area contributed by atoms with Gasteiger partial charge in [-0.1, -0.05) is 84.9 Å². The van der Waals surface area contributed by atoms with E-state index in [4.69, 9.17) is 33.1 Å². The largest absolute Gasteiger partial charge is 0.545 e. The number of alkyl halides is 3. The summed E-state index contributed by atoms with van der Waals surface area (Å²) in [5.74, 6) is -1.61. The molecule has 0 aliphatic heterocycles. The smallest absolute Gasteiger partial charge is 0.522 e. The number of carbonyl (C=O) groups excluding carboxylic acids is 5. The summed E-state index contributed by atoms with van der Waals surface area (Å²) in [6.45, 7) is 9.75. The Morgan fingerprint density at radius 2 is 1.13 bits per heavy atom. The van der Waals surface area contributed by atoms with Crippen LogP contribution in [-0.4, -0.2) is 65.3 Å². The van der Waals surface area contributed by atoms with Gasteiger partial charge in [0.25, 0.3) is 5.69 Å². The minimum Gasteiger partial charge on any atom is -0.545 e. The number of anilines is 1. The van der Waals surface area contributed by atoms with E-state index in [-0.39, 0.29) is 37.2 Å². The maximum Gasteiger partial charge on any atom is 0.522 e. The molecule has 0 aliphatic carbocycles. The summed E-state index contributed by atoms with van der Waals surface area (Å²) in [7, 11) is -2.25. The van der Waals surface area contributed by atoms with Crippen LogP contribution in [0, 0.1) is 17.2 Å². The monoisotopic (exact) mass is 1040 g/mol. The zero-order valence-corrected chi connectivity index (χ0v) is 35.2. The van der Waals surface area contributed by atoms with Crippen molar-refractivity contribution in [3.63, 3.8) is 0 Å². The zero-order chi connectivity index (χ0) is 45.9. The molecule has 20 heteroatoms. The van der Waals surface area contributed by atoms with Crippen molar-refractivity contribution in [1.29, 1.82) is 0 Å². The Labute approximate surface area is 365 Å². The fourth-order valence-electron chi connectivity index (χ4n) is 5.33. The molecule has 0 aliphatic rings. The Kier molecular flexibility index (Phi) is 20.9. The van der Waals surface area contributed by atoms with Crippen molar-refractivity contribution in [2.24, 2.45) is 0 Å². The number of rotatable bonds is 6. The molecule has 15 nitrogen and oxygen atoms in total. The first-order chi connectivity index (χ1) is 29.1. The quantitative estimate of drug-likeness (QED) is 0.0148. The average Bonchev–Trinajstić information content (AvgIpc) is 3.28. The van der Waals surface area contributed by atoms with Crippen LogP contribution in [0.5, 0.6) is 0 Å². The molecule has 3 aromatic heterocycles. The number of hydrogen-bond acceptors (Lipinski definition) is 12. The van der Waals surface area contributed by atoms with Crippen LogP contribution >= 0.6 is 0 Å². The Balaban J connectivity index is 0.000000480. The minimum absolute atomic E-state index is 0. The van der Waals surface area contributed by atoms with E-state index in [1.165, 1.54) is 51.2 Å². The maximum atomic E-state index is 12.1. The molecule has 0 spiro atoms. The standard InChI is InChI=1S/C24H16N2.C14H11N3O4.CHF3O3S.3CHO.Re/c1-3-7-17(8-4-1)19-13-15-25-23-21(19)11-12-22-20(14-16-26-24(22)23)18-9-5-2-6-10-18;1-16-6-2-3-10(8-16)14(19)13(18)9-4-5-11(15)12(7-9)17(20)21;2-1(3,4)8(5,6)7;3*1-2;/h1-16H;2-8H,1,15H2;(H,5,6,7);3*1H;/q;;;3*-1;. The fourth-order valence-corrected chi connectivity index (χ4v) is 5.33. The summed E-state index contributed by atoms with van der Waals surface area (Å²) < 4.78 is 58.9. The predicted molar refractivity (Wildman–Crippen MR) is 219 cm³/mol. The first-order valence-corrected chi connectivity index (χ1v) is 18.0. The Morgan fingerprint density at radius 3 is 1.52 bits per heavy atom. The van der Waals surface area contributed by atoms with Crippen molar-refractivity contribution < 1.29 is 80.0 Å². The van der Waals surface area contributed by atoms with Crippen LogP contribution in [0.1, 0.15) is 20.7 Å². The predicted octanol–water partition coefficient (Wildman–Crippen LogP) is 6.86. The number of nitro groups is 1. The maximum absolute atomic E-state index is 12.1. The molecule has 0 saturated carbocycles. The molecule has 0 atom stereocenters. The van der Waals surface area contributed by atoms with E-state index in [1.807, 2.05) is 24.5 Å². The molecule has 4 aromatic carbocycles. The van der Waals surface area contributed by atoms with Crippen molar-refractivity contribution in [3.05, 3.63) is 168 Å². The topological polar surface area (TPSA) is 239 Å². The number of ketones is 2. The van der Waals surface area contributed by atoms with E-state index in [1.54, 1.807) is 12.3 Å². The summed E-state index contributed by atoms with van der Waals surface area (Å²) in [5.41, 5.74) is 6.15. The van der Waals surface area contributed by atoms with E-state index < -0.39 is 37.8 Å². The third-order valence-electron chi connectivity index (χ3n) is 7.90. The van der Waals surface area contributed by atoms with E-state index in [9.17, 15) is 32.9 Å². The van der Waals surface area contributed by atoms with Crippen LogP contribution in [0.25, 0.3) is 44.1 Å². The van der Waals surface area contributed by atoms with Gasteiger partial charge in [-0.25, -0.2) is 0 Å². The van der Waals surface area contributed by atoms with E-state index in [0.29, 0.717) is 0 Å². The molecule has 62 heavy (non-hydrogen) atoms. The summed E-state index contributed by atoms with van der Waals surface area (Å²) in [6, 6.07) is 35.9. The molecule has 1 radical (unpaired) electrons. The molecule has 0 saturated heterocycles. The first kappa shape index (κ1) is 52.7. The minimum atomic E-state index is -5.84. The number of nitrogens with two attached hydrogens (primary N) is 1. The Bertz CT molecular complexity index is 2630. The third kappa shape index (κ3) is 13.6. The van der Waals surface area contributed by atoms with Crippen molar-refractivity contribution >= 4 is 75.2 Å². The van der Waals surface area contributed by atoms with E-state index in [0.717, 1.165) is 27.9 Å². The summed E-state index contributed by atoms with van der Waals surface area (Å²) in [6.07, 6.45) is 6.75. The van der Waals surface area contributed by atoms with Gasteiger partial charge in [-0.2, -0.15) is 21.6 Å². The van der Waals surface area contributed by atoms with Gasteiger partial charge < -0.3 is 24.7 Å². The van der Waals surface area contributed by atoms with Crippen molar-refractivity contribution in [2.45, 2.75) is 5.51 Å². The van der Waals surface area contributed by atoms with Crippen LogP contribution in [0.2, 0.25) is 0 Å². The molecule has 7 aromatic rings. The van der Waals surface area contributed by atoms with Crippen LogP contribution < -0.4 is 10.3 Å². The number of aromatic nitrogens is 3. The number of halogens is 3. The van der Waals surface area contributed by atoms with Crippen molar-refractivity contribution in [3.8, 4) is 22.3 Å². The molecule has 3 N–H and O–H groups in total. The van der Waals surface area contributed by atoms with Gasteiger partial charge in [0.1, 0.15) is 5.69 Å². The molecule has 0 amide bonds. The second-order valence-electron chi connectivity index (χ2n) is 11.5. The van der Waals surface area contributed by atoms with Gasteiger partial charge in [-0.3, -0.25) is 54.6 Å². The molecule has 321 valence electrons. The SMILES string of the molecule is O=S(=O)(O)C(F)(F)F.[CH-]=O.[CH-]=O.[CH-]=O.[CH2-][n+]1cccc(C(=O)C(=O)c2ccc(N)c([N+](=O)[O-])c2)c1.[Re].c1ccc(-c2ccnc3c2ccc2c(-c4ccccc4)ccnc23)cc1. The van der Waals surface area contributed by atoms with Crippen LogP contribution in [0.15, 0.2) is 140 Å². The number of nitro benzene ring substituents is 1. The molecule has 7 rings (SSSR count). The Hall–Kier alpha value is -7.37. The van der Waals surface area contributed by atoms with Gasteiger partial charge >= 0.3 is 15.6 Å². The fraction of sp³-hybridized carbons (Fsp3) is 0.0238. The second kappa shape index (κ2) is 24.7. The number of carbonyl (C=O) groups is 2. The van der Waals surface area contributed by atoms with Crippen molar-refractivity contribution in [1.82, 2.24) is 9.97 Å². The van der Waals surface area contributed by atoms with Crippen LogP contribution in [0.4, 0.5) is 24.5 Å². The number of nitrogens with zero attached hydrogens (tertiary/aromatic N) is 4. The number of nitrogen functional groups attached to an aromatic ring is 1. The summed E-state index contributed by atoms with van der Waals surface area (Å²) >= 11 is 0. The number of Topliss-reactive ketones (excluding diaryl/α,β-unsaturated/α-hetero) is 2. The van der Waals surface area contributed by atoms with Gasteiger partial charge in [-0.05, 0) is 46.5 Å². The number of benzene rings is 4. The molecule has 0 bridgehead atoms. The van der Waals surface area contributed by atoms with E-state index in [2.05, 4.69) is 110 Å². The number of pyridine rings is 3. The normalized spacial score (nSPS) is 10.1. The van der Waals surface area contributed by atoms with Gasteiger partial charge in [-0.15, -0.1) is 0 Å². The molecule has 0 unspecified atom stereocenters. The van der Waals surface area contributed by atoms with Crippen LogP contribution in [-0.2, 0) is 44.9 Å². The molecule has 3 heterocycles. The molecule has 0 fully saturated rings. The van der Waals surface area contributed by atoms with Gasteiger partial charge in [0, 0.05) is 67.8 Å². The van der Waals surface area contributed by atoms with Gasteiger partial charge in [0.2, 0.25) is 11.6 Å². The first-order valence-electron chi connectivity index (χ1n) is 16.5. The second-order valence-corrected chi connectivity index (χ2v) is 12.9. The van der Waals surface area contributed by atoms with Gasteiger partial charge in [0.15, 0.2) is 0 Å². The van der Waals surface area contributed by atoms with Gasteiger partial charge in [0.05, 0.1) is 28.4 Å². The number of hydrogen-bond donors (Lipinski definition) is 2. The average molecular weight is 1040 g/mol. The molecular formula is C42H31F3N5O10ReS-3. The summed E-state index contributed by atoms with van der Waals surface area (Å²) in [4.78, 5) is 66.9. The van der Waals surface area contributed by atoms with E-state index >= 15 is 0 Å². The van der Waals surface area contributed by atoms with Crippen LogP contribution in [0.3, 0.4) is 0 Å². The van der Waals surface area contributed by atoms with Crippen molar-refractivity contribution in [2.75, 3.05) is 5.73 Å². The Morgan fingerprint density at radius 1 is 0.710 bits per heavy atom. The number of fused-ring (bicyclic) bond motifs is 3. The summed E-state index contributed by atoms with van der Waals surface area (Å²) in [5, 5.41) is 13.1. The zero-order valence-electron chi connectivity index (χ0n) is 31.6. The third-order valence-corrected chi connectivity index (χ3v) is 8.48.